The molecule has 3 rings (SSSR count). The Balaban J connectivity index is 1.95. The number of hydrogen-bond acceptors (Lipinski definition) is 3. The van der Waals surface area contributed by atoms with E-state index in [1.165, 1.54) is 13.1 Å². The third-order valence-electron chi connectivity index (χ3n) is 3.73. The molecule has 0 aliphatic carbocycles. The average Bonchev–Trinajstić information content (AvgIpc) is 2.92. The summed E-state index contributed by atoms with van der Waals surface area (Å²) in [7, 11) is 1.33. The summed E-state index contributed by atoms with van der Waals surface area (Å²) in [5, 5.41) is 6.56. The first-order chi connectivity index (χ1) is 12.1. The van der Waals surface area contributed by atoms with Crippen LogP contribution in [0.2, 0.25) is 0 Å². The number of pyridine rings is 1. The van der Waals surface area contributed by atoms with E-state index in [0.29, 0.717) is 5.39 Å². The lowest BCUT2D eigenvalue weighted by Crippen LogP contribution is -2.11. The predicted molar refractivity (Wildman–Crippen MR) is 82.3 cm³/mol. The minimum Gasteiger partial charge on any atom is -0.379 e. The first-order valence-corrected chi connectivity index (χ1v) is 7.36. The van der Waals surface area contributed by atoms with E-state index in [0.717, 1.165) is 16.8 Å². The Labute approximate surface area is 143 Å². The first-order valence-electron chi connectivity index (χ1n) is 7.36. The summed E-state index contributed by atoms with van der Waals surface area (Å²) < 4.78 is 78.2. The molecule has 138 valence electrons. The number of nitrogens with zero attached hydrogens (tertiary/aromatic N) is 3. The van der Waals surface area contributed by atoms with Crippen molar-refractivity contribution in [1.82, 2.24) is 14.8 Å². The van der Waals surface area contributed by atoms with Crippen LogP contribution in [0.25, 0.3) is 10.9 Å². The van der Waals surface area contributed by atoms with Gasteiger partial charge in [-0.25, -0.2) is 4.98 Å². The molecule has 0 atom stereocenters. The van der Waals surface area contributed by atoms with Crippen molar-refractivity contribution in [3.05, 3.63) is 53.5 Å². The van der Waals surface area contributed by atoms with Gasteiger partial charge in [-0.15, -0.1) is 0 Å². The molecular weight excluding hydrogens is 362 g/mol. The molecule has 26 heavy (non-hydrogen) atoms. The molecule has 3 aromatic rings. The van der Waals surface area contributed by atoms with Crippen LogP contribution in [0.1, 0.15) is 17.1 Å². The average molecular weight is 374 g/mol. The van der Waals surface area contributed by atoms with Crippen LogP contribution < -0.4 is 5.32 Å². The van der Waals surface area contributed by atoms with Crippen LogP contribution in [0.5, 0.6) is 0 Å². The second-order valence-corrected chi connectivity index (χ2v) is 5.57. The van der Waals surface area contributed by atoms with E-state index >= 15 is 0 Å². The number of hydrogen-bond donors (Lipinski definition) is 1. The Bertz CT molecular complexity index is 942. The largest absolute Gasteiger partial charge is 0.435 e. The first kappa shape index (κ1) is 18.0. The summed E-state index contributed by atoms with van der Waals surface area (Å²) in [6.45, 7) is -0.134. The van der Waals surface area contributed by atoms with Crippen LogP contribution in [-0.2, 0) is 25.9 Å². The number of alkyl halides is 6. The van der Waals surface area contributed by atoms with Crippen molar-refractivity contribution in [2.45, 2.75) is 18.9 Å². The molecule has 0 radical (unpaired) electrons. The smallest absolute Gasteiger partial charge is 0.379 e. The molecule has 0 amide bonds. The van der Waals surface area contributed by atoms with Gasteiger partial charge in [-0.3, -0.25) is 4.68 Å². The lowest BCUT2D eigenvalue weighted by molar-refractivity contribution is -0.142. The molecule has 2 heterocycles. The zero-order valence-corrected chi connectivity index (χ0v) is 13.3. The van der Waals surface area contributed by atoms with Gasteiger partial charge in [0.25, 0.3) is 0 Å². The van der Waals surface area contributed by atoms with Gasteiger partial charge >= 0.3 is 12.4 Å². The third kappa shape index (κ3) is 3.58. The maximum absolute atomic E-state index is 13.0. The highest BCUT2D eigenvalue weighted by atomic mass is 19.4. The predicted octanol–water partition coefficient (Wildman–Crippen LogP) is 4.62. The van der Waals surface area contributed by atoms with Crippen LogP contribution >= 0.6 is 0 Å². The van der Waals surface area contributed by atoms with Crippen molar-refractivity contribution < 1.29 is 26.3 Å². The molecule has 0 fully saturated rings. The molecule has 0 aliphatic heterocycles. The van der Waals surface area contributed by atoms with E-state index in [4.69, 9.17) is 0 Å². The molecule has 4 nitrogen and oxygen atoms in total. The van der Waals surface area contributed by atoms with E-state index in [2.05, 4.69) is 15.4 Å². The zero-order valence-electron chi connectivity index (χ0n) is 13.3. The van der Waals surface area contributed by atoms with Crippen molar-refractivity contribution in [1.29, 1.82) is 0 Å². The lowest BCUT2D eigenvalue weighted by Gasteiger charge is -2.13. The summed E-state index contributed by atoms with van der Waals surface area (Å²) >= 11 is 0. The summed E-state index contributed by atoms with van der Waals surface area (Å²) in [4.78, 5) is 3.58. The quantitative estimate of drug-likeness (QED) is 0.681. The van der Waals surface area contributed by atoms with Gasteiger partial charge in [0.15, 0.2) is 5.69 Å². The maximum atomic E-state index is 13.0. The zero-order chi connectivity index (χ0) is 19.1. The number of para-hydroxylation sites is 1. The Morgan fingerprint density at radius 1 is 0.962 bits per heavy atom. The van der Waals surface area contributed by atoms with Crippen molar-refractivity contribution >= 4 is 16.6 Å². The SMILES string of the molecule is Cn1nc(C(F)(F)F)cc1CNc1cc(C(F)(F)F)nc2ccccc12. The normalized spacial score (nSPS) is 12.6. The standard InChI is InChI=1S/C16H12F6N4/c1-26-9(6-14(25-26)16(20,21)22)8-23-12-7-13(15(17,18)19)24-11-5-3-2-4-10(11)12/h2-7H,8H2,1H3,(H,23,24). The molecule has 10 heteroatoms. The van der Waals surface area contributed by atoms with Crippen molar-refractivity contribution in [2.75, 3.05) is 5.32 Å². The molecule has 0 aliphatic rings. The number of halogens is 6. The number of fused-ring (bicyclic) bond motifs is 1. The summed E-state index contributed by atoms with van der Waals surface area (Å²) in [5.74, 6) is 0. The van der Waals surface area contributed by atoms with Crippen LogP contribution in [0.15, 0.2) is 36.4 Å². The van der Waals surface area contributed by atoms with Gasteiger partial charge in [-0.1, -0.05) is 18.2 Å². The minimum absolute atomic E-state index is 0.123. The second kappa shape index (κ2) is 6.19. The molecular formula is C16H12F6N4. The van der Waals surface area contributed by atoms with E-state index in [1.54, 1.807) is 18.2 Å². The third-order valence-corrected chi connectivity index (χ3v) is 3.73. The molecule has 0 bridgehead atoms. The highest BCUT2D eigenvalue weighted by Gasteiger charge is 2.35. The summed E-state index contributed by atoms with van der Waals surface area (Å²) in [6, 6.07) is 7.88. The van der Waals surface area contributed by atoms with E-state index in [-0.39, 0.29) is 23.4 Å². The Kier molecular flexibility index (Phi) is 4.29. The number of benzene rings is 1. The molecule has 0 saturated heterocycles. The lowest BCUT2D eigenvalue weighted by atomic mass is 10.1. The van der Waals surface area contributed by atoms with Crippen molar-refractivity contribution in [2.24, 2.45) is 7.05 Å². The van der Waals surface area contributed by atoms with Crippen molar-refractivity contribution in [3.63, 3.8) is 0 Å². The van der Waals surface area contributed by atoms with Gasteiger partial charge in [0, 0.05) is 18.1 Å². The Morgan fingerprint density at radius 3 is 2.23 bits per heavy atom. The molecule has 0 unspecified atom stereocenters. The van der Waals surface area contributed by atoms with Gasteiger partial charge in [0.1, 0.15) is 5.69 Å². The monoisotopic (exact) mass is 374 g/mol. The fourth-order valence-corrected chi connectivity index (χ4v) is 2.46. The van der Waals surface area contributed by atoms with E-state index in [1.807, 2.05) is 0 Å². The molecule has 2 aromatic heterocycles. The van der Waals surface area contributed by atoms with Gasteiger partial charge in [-0.05, 0) is 18.2 Å². The van der Waals surface area contributed by atoms with E-state index < -0.39 is 23.7 Å². The number of aryl methyl sites for hydroxylation is 1. The Morgan fingerprint density at radius 2 is 1.62 bits per heavy atom. The number of rotatable bonds is 3. The number of aromatic nitrogens is 3. The number of anilines is 1. The topological polar surface area (TPSA) is 42.7 Å². The fourth-order valence-electron chi connectivity index (χ4n) is 2.46. The van der Waals surface area contributed by atoms with Crippen LogP contribution in [-0.4, -0.2) is 14.8 Å². The summed E-state index contributed by atoms with van der Waals surface area (Å²) in [6.07, 6.45) is -9.24. The Hall–Kier alpha value is -2.78. The number of nitrogens with one attached hydrogen (secondary N) is 1. The highest BCUT2D eigenvalue weighted by Crippen LogP contribution is 2.33. The molecule has 0 spiro atoms. The fraction of sp³-hybridized carbons (Fsp3) is 0.250. The minimum atomic E-state index is -4.64. The van der Waals surface area contributed by atoms with Crippen LogP contribution in [0.4, 0.5) is 32.0 Å². The second-order valence-electron chi connectivity index (χ2n) is 5.57. The van der Waals surface area contributed by atoms with Crippen molar-refractivity contribution in [3.8, 4) is 0 Å². The summed E-state index contributed by atoms with van der Waals surface area (Å²) in [5.41, 5.74) is -1.72. The maximum Gasteiger partial charge on any atom is 0.435 e. The van der Waals surface area contributed by atoms with Crippen LogP contribution in [0, 0.1) is 0 Å². The van der Waals surface area contributed by atoms with Gasteiger partial charge in [0.05, 0.1) is 17.8 Å². The van der Waals surface area contributed by atoms with Gasteiger partial charge < -0.3 is 5.32 Å². The van der Waals surface area contributed by atoms with E-state index in [9.17, 15) is 26.3 Å². The molecule has 1 N–H and O–H groups in total. The van der Waals surface area contributed by atoms with Gasteiger partial charge in [0.2, 0.25) is 0 Å². The molecule has 1 aromatic carbocycles. The van der Waals surface area contributed by atoms with Gasteiger partial charge in [-0.2, -0.15) is 31.4 Å². The highest BCUT2D eigenvalue weighted by molar-refractivity contribution is 5.91. The molecule has 0 saturated carbocycles. The van der Waals surface area contributed by atoms with Crippen LogP contribution in [0.3, 0.4) is 0 Å².